The highest BCUT2D eigenvalue weighted by Crippen LogP contribution is 2.35. The van der Waals surface area contributed by atoms with Crippen LogP contribution in [-0.4, -0.2) is 13.2 Å². The van der Waals surface area contributed by atoms with Crippen LogP contribution >= 0.6 is 0 Å². The zero-order valence-electron chi connectivity index (χ0n) is 17.0. The Labute approximate surface area is 161 Å². The molecule has 0 bridgehead atoms. The average molecular weight is 359 g/mol. The van der Waals surface area contributed by atoms with Gasteiger partial charge in [-0.3, -0.25) is 0 Å². The van der Waals surface area contributed by atoms with Crippen LogP contribution in [0, 0.1) is 0 Å². The summed E-state index contributed by atoms with van der Waals surface area (Å²) in [6.45, 7) is 13.8. The number of hydrogen-bond acceptors (Lipinski definition) is 2. The first-order valence-electron chi connectivity index (χ1n) is 10.5. The summed E-state index contributed by atoms with van der Waals surface area (Å²) in [6.07, 6.45) is 16.0. The van der Waals surface area contributed by atoms with E-state index in [4.69, 9.17) is 9.47 Å². The lowest BCUT2D eigenvalue weighted by Crippen LogP contribution is -2.05. The van der Waals surface area contributed by atoms with Crippen LogP contribution in [0.15, 0.2) is 25.3 Å². The first-order chi connectivity index (χ1) is 12.8. The molecular formula is C24H38O2. The summed E-state index contributed by atoms with van der Waals surface area (Å²) >= 11 is 0. The molecule has 26 heavy (non-hydrogen) atoms. The smallest absolute Gasteiger partial charge is 0.168 e. The Bertz CT molecular complexity index is 519. The van der Waals surface area contributed by atoms with E-state index in [1.54, 1.807) is 0 Å². The molecule has 0 aliphatic carbocycles. The molecule has 0 heterocycles. The maximum absolute atomic E-state index is 6.13. The molecule has 0 spiro atoms. The monoisotopic (exact) mass is 358 g/mol. The Kier molecular flexibility index (Phi) is 12.4. The molecule has 146 valence electrons. The largest absolute Gasteiger partial charge is 0.490 e. The van der Waals surface area contributed by atoms with Crippen molar-refractivity contribution in [3.63, 3.8) is 0 Å². The van der Waals surface area contributed by atoms with Gasteiger partial charge in [0.15, 0.2) is 11.5 Å². The molecule has 2 heteroatoms. The van der Waals surface area contributed by atoms with Crippen LogP contribution in [-0.2, 0) is 0 Å². The third-order valence-corrected chi connectivity index (χ3v) is 4.62. The molecule has 0 radical (unpaired) electrons. The van der Waals surface area contributed by atoms with E-state index >= 15 is 0 Å². The van der Waals surface area contributed by atoms with Crippen LogP contribution in [0.3, 0.4) is 0 Å². The van der Waals surface area contributed by atoms with Gasteiger partial charge in [0, 0.05) is 5.56 Å². The van der Waals surface area contributed by atoms with Gasteiger partial charge in [-0.05, 0) is 24.5 Å². The zero-order chi connectivity index (χ0) is 19.0. The SMILES string of the molecule is C=Cc1ccc(OCCCCCCC)c(OCCCCCCC)c1C=C. The van der Waals surface area contributed by atoms with Crippen molar-refractivity contribution in [2.24, 2.45) is 0 Å². The molecule has 1 aromatic carbocycles. The van der Waals surface area contributed by atoms with Gasteiger partial charge in [-0.1, -0.05) is 96.6 Å². The first-order valence-corrected chi connectivity index (χ1v) is 10.5. The fraction of sp³-hybridized carbons (Fsp3) is 0.583. The molecule has 0 saturated carbocycles. The summed E-state index contributed by atoms with van der Waals surface area (Å²) in [6, 6.07) is 4.03. The van der Waals surface area contributed by atoms with E-state index in [2.05, 4.69) is 27.0 Å². The van der Waals surface area contributed by atoms with Gasteiger partial charge in [0.05, 0.1) is 13.2 Å². The highest BCUT2D eigenvalue weighted by molar-refractivity contribution is 5.72. The lowest BCUT2D eigenvalue weighted by Gasteiger charge is -2.17. The summed E-state index contributed by atoms with van der Waals surface area (Å²) in [5, 5.41) is 0. The number of unbranched alkanes of at least 4 members (excludes halogenated alkanes) is 8. The lowest BCUT2D eigenvalue weighted by molar-refractivity contribution is 0.258. The molecular weight excluding hydrogens is 320 g/mol. The third kappa shape index (κ3) is 8.12. The molecule has 0 unspecified atom stereocenters. The quantitative estimate of drug-likeness (QED) is 0.282. The third-order valence-electron chi connectivity index (χ3n) is 4.62. The Morgan fingerprint density at radius 2 is 1.31 bits per heavy atom. The first kappa shape index (κ1) is 22.3. The van der Waals surface area contributed by atoms with Gasteiger partial charge in [0.1, 0.15) is 0 Å². The van der Waals surface area contributed by atoms with Crippen LogP contribution in [0.2, 0.25) is 0 Å². The molecule has 0 saturated heterocycles. The second-order valence-corrected chi connectivity index (χ2v) is 6.83. The van der Waals surface area contributed by atoms with Crippen LogP contribution in [0.4, 0.5) is 0 Å². The standard InChI is InChI=1S/C24H38O2/c1-5-9-11-13-15-19-25-23-18-17-21(7-3)22(8-4)24(23)26-20-16-14-12-10-6-2/h7-8,17-18H,3-6,9-16,19-20H2,1-2H3. The summed E-state index contributed by atoms with van der Waals surface area (Å²) in [7, 11) is 0. The summed E-state index contributed by atoms with van der Waals surface area (Å²) in [5.41, 5.74) is 2.02. The van der Waals surface area contributed by atoms with Crippen LogP contribution < -0.4 is 9.47 Å². The van der Waals surface area contributed by atoms with Gasteiger partial charge in [-0.15, -0.1) is 0 Å². The molecule has 0 aromatic heterocycles. The number of hydrogen-bond donors (Lipinski definition) is 0. The Morgan fingerprint density at radius 3 is 1.85 bits per heavy atom. The molecule has 0 fully saturated rings. The topological polar surface area (TPSA) is 18.5 Å². The van der Waals surface area contributed by atoms with Crippen LogP contribution in [0.1, 0.15) is 89.2 Å². The van der Waals surface area contributed by atoms with Crippen molar-refractivity contribution < 1.29 is 9.47 Å². The van der Waals surface area contributed by atoms with E-state index in [1.807, 2.05) is 24.3 Å². The van der Waals surface area contributed by atoms with E-state index in [0.29, 0.717) is 0 Å². The molecule has 2 nitrogen and oxygen atoms in total. The van der Waals surface area contributed by atoms with Gasteiger partial charge in [0.25, 0.3) is 0 Å². The fourth-order valence-corrected chi connectivity index (χ4v) is 3.01. The normalized spacial score (nSPS) is 10.5. The van der Waals surface area contributed by atoms with Crippen molar-refractivity contribution in [3.05, 3.63) is 36.4 Å². The van der Waals surface area contributed by atoms with Gasteiger partial charge in [-0.2, -0.15) is 0 Å². The van der Waals surface area contributed by atoms with Gasteiger partial charge in [0.2, 0.25) is 0 Å². The Hall–Kier alpha value is -1.70. The zero-order valence-corrected chi connectivity index (χ0v) is 17.0. The minimum Gasteiger partial charge on any atom is -0.490 e. The summed E-state index contributed by atoms with van der Waals surface area (Å²) < 4.78 is 12.2. The molecule has 0 atom stereocenters. The maximum atomic E-state index is 6.13. The lowest BCUT2D eigenvalue weighted by atomic mass is 10.1. The van der Waals surface area contributed by atoms with Gasteiger partial charge in [-0.25, -0.2) is 0 Å². The van der Waals surface area contributed by atoms with E-state index < -0.39 is 0 Å². The Balaban J connectivity index is 2.66. The van der Waals surface area contributed by atoms with E-state index in [0.717, 1.165) is 48.7 Å². The summed E-state index contributed by atoms with van der Waals surface area (Å²) in [5.74, 6) is 1.65. The second kappa shape index (κ2) is 14.5. The summed E-state index contributed by atoms with van der Waals surface area (Å²) in [4.78, 5) is 0. The minimum absolute atomic E-state index is 0.720. The maximum Gasteiger partial charge on any atom is 0.168 e. The van der Waals surface area contributed by atoms with E-state index in [-0.39, 0.29) is 0 Å². The average Bonchev–Trinajstić information content (AvgIpc) is 2.67. The van der Waals surface area contributed by atoms with Crippen molar-refractivity contribution in [2.45, 2.75) is 78.1 Å². The molecule has 0 aliphatic heterocycles. The van der Waals surface area contributed by atoms with Crippen LogP contribution in [0.5, 0.6) is 11.5 Å². The molecule has 0 N–H and O–H groups in total. The van der Waals surface area contributed by atoms with Crippen molar-refractivity contribution in [1.29, 1.82) is 0 Å². The molecule has 0 amide bonds. The van der Waals surface area contributed by atoms with Crippen molar-refractivity contribution in [3.8, 4) is 11.5 Å². The fourth-order valence-electron chi connectivity index (χ4n) is 3.01. The number of benzene rings is 1. The van der Waals surface area contributed by atoms with Crippen molar-refractivity contribution in [1.82, 2.24) is 0 Å². The predicted molar refractivity (Wildman–Crippen MR) is 115 cm³/mol. The van der Waals surface area contributed by atoms with Crippen LogP contribution in [0.25, 0.3) is 12.2 Å². The Morgan fingerprint density at radius 1 is 0.731 bits per heavy atom. The van der Waals surface area contributed by atoms with Gasteiger partial charge >= 0.3 is 0 Å². The van der Waals surface area contributed by atoms with Crippen molar-refractivity contribution in [2.75, 3.05) is 13.2 Å². The van der Waals surface area contributed by atoms with E-state index in [1.165, 1.54) is 51.4 Å². The molecule has 0 aliphatic rings. The number of ether oxygens (including phenoxy) is 2. The molecule has 1 aromatic rings. The van der Waals surface area contributed by atoms with Crippen molar-refractivity contribution >= 4 is 12.2 Å². The predicted octanol–water partition coefficient (Wildman–Crippen LogP) is 7.67. The highest BCUT2D eigenvalue weighted by Gasteiger charge is 2.13. The number of rotatable bonds is 16. The minimum atomic E-state index is 0.720. The van der Waals surface area contributed by atoms with E-state index in [9.17, 15) is 0 Å². The molecule has 1 rings (SSSR count). The highest BCUT2D eigenvalue weighted by atomic mass is 16.5. The second-order valence-electron chi connectivity index (χ2n) is 6.83. The van der Waals surface area contributed by atoms with Gasteiger partial charge < -0.3 is 9.47 Å².